The third-order valence-electron chi connectivity index (χ3n) is 6.88. The third-order valence-corrected chi connectivity index (χ3v) is 6.88. The molecule has 5 amide bonds. The highest BCUT2D eigenvalue weighted by Gasteiger charge is 2.38. The fourth-order valence-electron chi connectivity index (χ4n) is 4.86. The van der Waals surface area contributed by atoms with Gasteiger partial charge in [0.25, 0.3) is 0 Å². The predicted molar refractivity (Wildman–Crippen MR) is 143 cm³/mol. The lowest BCUT2D eigenvalue weighted by atomic mass is 9.92. The van der Waals surface area contributed by atoms with Crippen molar-refractivity contribution in [1.82, 2.24) is 21.2 Å². The van der Waals surface area contributed by atoms with Crippen LogP contribution in [0.3, 0.4) is 0 Å². The van der Waals surface area contributed by atoms with Crippen LogP contribution in [-0.4, -0.2) is 41.9 Å². The summed E-state index contributed by atoms with van der Waals surface area (Å²) in [5, 5.41) is 3.07. The Hall–Kier alpha value is -3.76. The summed E-state index contributed by atoms with van der Waals surface area (Å²) in [5.41, 5.74) is 8.04. The molecule has 0 bridgehead atoms. The number of hydroxylamine groups is 1. The van der Waals surface area contributed by atoms with Crippen LogP contribution in [0.4, 0.5) is 4.79 Å². The third kappa shape index (κ3) is 7.42. The minimum Gasteiger partial charge on any atom is -0.344 e. The first-order valence-corrected chi connectivity index (χ1v) is 13.4. The van der Waals surface area contributed by atoms with E-state index in [1.54, 1.807) is 0 Å². The van der Waals surface area contributed by atoms with Gasteiger partial charge in [0.15, 0.2) is 0 Å². The number of hydrogen-bond acceptors (Lipinski definition) is 6. The number of amides is 5. The maximum absolute atomic E-state index is 12.8. The molecule has 0 saturated carbocycles. The van der Waals surface area contributed by atoms with E-state index in [2.05, 4.69) is 16.2 Å². The van der Waals surface area contributed by atoms with Crippen molar-refractivity contribution >= 4 is 23.8 Å². The second-order valence-electron chi connectivity index (χ2n) is 10.4. The molecule has 4 rings (SSSR count). The van der Waals surface area contributed by atoms with Crippen LogP contribution in [0.15, 0.2) is 54.6 Å². The van der Waals surface area contributed by atoms with E-state index in [0.29, 0.717) is 19.4 Å². The Morgan fingerprint density at radius 2 is 1.77 bits per heavy atom. The molecule has 2 aliphatic heterocycles. The van der Waals surface area contributed by atoms with Crippen LogP contribution < -0.4 is 16.2 Å². The molecule has 0 aromatic heterocycles. The summed E-state index contributed by atoms with van der Waals surface area (Å²) in [6.45, 7) is 4.23. The van der Waals surface area contributed by atoms with Gasteiger partial charge in [-0.1, -0.05) is 68.4 Å². The van der Waals surface area contributed by atoms with Crippen LogP contribution in [0.1, 0.15) is 57.9 Å². The van der Waals surface area contributed by atoms with Crippen molar-refractivity contribution in [1.29, 1.82) is 0 Å². The molecule has 2 aromatic rings. The molecule has 10 heteroatoms. The molecule has 2 atom stereocenters. The van der Waals surface area contributed by atoms with Crippen molar-refractivity contribution in [2.45, 2.75) is 58.2 Å². The number of urea groups is 1. The van der Waals surface area contributed by atoms with Gasteiger partial charge >= 0.3 is 6.03 Å². The molecule has 2 fully saturated rings. The fraction of sp³-hybridized carbons (Fsp3) is 0.448. The van der Waals surface area contributed by atoms with Crippen molar-refractivity contribution in [3.63, 3.8) is 0 Å². The standard InChI is InChI=1S/C29H36N4O6/c1-20(2)18-23(27(36)31-33-19-26(35)30-28(33)37)12-15-25(34)32-39-29(16-6-7-17-38-29)24-13-10-22(11-14-24)21-8-4-3-5-9-21/h3-5,8-11,13-14,20,23H,6-7,12,15-19H2,1-2H3,(H,31,36)(H,32,34)(H,30,35,37)/t23-,29+/m1/s1. The average Bonchev–Trinajstić information content (AvgIpc) is 3.26. The van der Waals surface area contributed by atoms with E-state index >= 15 is 0 Å². The number of benzene rings is 2. The van der Waals surface area contributed by atoms with Crippen LogP contribution >= 0.6 is 0 Å². The van der Waals surface area contributed by atoms with E-state index in [0.717, 1.165) is 34.5 Å². The number of imide groups is 1. The van der Waals surface area contributed by atoms with Gasteiger partial charge in [-0.15, -0.1) is 0 Å². The second kappa shape index (κ2) is 12.9. The van der Waals surface area contributed by atoms with Crippen LogP contribution in [0, 0.1) is 11.8 Å². The van der Waals surface area contributed by atoms with E-state index in [-0.39, 0.29) is 31.2 Å². The molecular formula is C29H36N4O6. The van der Waals surface area contributed by atoms with Gasteiger partial charge in [0, 0.05) is 24.3 Å². The highest BCUT2D eigenvalue weighted by atomic mass is 16.8. The number of hydrogen-bond donors (Lipinski definition) is 3. The molecular weight excluding hydrogens is 500 g/mol. The van der Waals surface area contributed by atoms with Gasteiger partial charge in [-0.3, -0.25) is 25.1 Å². The van der Waals surface area contributed by atoms with Gasteiger partial charge in [0.05, 0.1) is 6.61 Å². The van der Waals surface area contributed by atoms with Gasteiger partial charge in [-0.05, 0) is 42.7 Å². The summed E-state index contributed by atoms with van der Waals surface area (Å²) in [7, 11) is 0. The zero-order chi connectivity index (χ0) is 27.8. The maximum atomic E-state index is 12.8. The van der Waals surface area contributed by atoms with E-state index in [1.165, 1.54) is 0 Å². The normalized spacial score (nSPS) is 20.0. The minimum absolute atomic E-state index is 0.0406. The fourth-order valence-corrected chi connectivity index (χ4v) is 4.86. The SMILES string of the molecule is CC(C)C[C@@H](CCC(=O)NO[C@]1(c2ccc(-c3ccccc3)cc2)CCCCO1)C(=O)NN1CC(=O)NC1=O. The summed E-state index contributed by atoms with van der Waals surface area (Å²) < 4.78 is 6.09. The van der Waals surface area contributed by atoms with Crippen molar-refractivity contribution in [2.75, 3.05) is 13.2 Å². The Bertz CT molecular complexity index is 1160. The molecule has 2 saturated heterocycles. The number of nitrogens with one attached hydrogen (secondary N) is 3. The van der Waals surface area contributed by atoms with E-state index in [9.17, 15) is 19.2 Å². The van der Waals surface area contributed by atoms with Crippen LogP contribution in [-0.2, 0) is 29.7 Å². The largest absolute Gasteiger partial charge is 0.344 e. The van der Waals surface area contributed by atoms with E-state index < -0.39 is 29.6 Å². The Morgan fingerprint density at radius 3 is 2.38 bits per heavy atom. The molecule has 3 N–H and O–H groups in total. The molecule has 10 nitrogen and oxygen atoms in total. The first kappa shape index (κ1) is 28.3. The van der Waals surface area contributed by atoms with Crippen molar-refractivity contribution in [3.05, 3.63) is 60.2 Å². The maximum Gasteiger partial charge on any atom is 0.343 e. The number of nitrogens with zero attached hydrogens (tertiary/aromatic N) is 1. The second-order valence-corrected chi connectivity index (χ2v) is 10.4. The van der Waals surface area contributed by atoms with Gasteiger partial charge < -0.3 is 4.74 Å². The topological polar surface area (TPSA) is 126 Å². The zero-order valence-electron chi connectivity index (χ0n) is 22.4. The minimum atomic E-state index is -1.09. The Morgan fingerprint density at radius 1 is 1.05 bits per heavy atom. The summed E-state index contributed by atoms with van der Waals surface area (Å²) in [4.78, 5) is 54.8. The summed E-state index contributed by atoms with van der Waals surface area (Å²) in [6.07, 6.45) is 3.20. The monoisotopic (exact) mass is 536 g/mol. The molecule has 0 unspecified atom stereocenters. The molecule has 0 radical (unpaired) electrons. The molecule has 2 heterocycles. The lowest BCUT2D eigenvalue weighted by Crippen LogP contribution is -2.47. The average molecular weight is 537 g/mol. The highest BCUT2D eigenvalue weighted by molar-refractivity contribution is 6.02. The van der Waals surface area contributed by atoms with Gasteiger partial charge in [0.1, 0.15) is 6.54 Å². The molecule has 2 aliphatic rings. The highest BCUT2D eigenvalue weighted by Crippen LogP contribution is 2.36. The number of ether oxygens (including phenoxy) is 1. The molecule has 2 aromatic carbocycles. The Balaban J connectivity index is 1.36. The predicted octanol–water partition coefficient (Wildman–Crippen LogP) is 3.78. The van der Waals surface area contributed by atoms with E-state index in [1.807, 2.05) is 68.4 Å². The number of carbonyl (C=O) groups is 4. The number of rotatable bonds is 11. The smallest absolute Gasteiger partial charge is 0.343 e. The number of carbonyl (C=O) groups excluding carboxylic acids is 4. The molecule has 208 valence electrons. The quantitative estimate of drug-likeness (QED) is 0.296. The Labute approximate surface area is 228 Å². The summed E-state index contributed by atoms with van der Waals surface area (Å²) >= 11 is 0. The van der Waals surface area contributed by atoms with Crippen LogP contribution in [0.5, 0.6) is 0 Å². The van der Waals surface area contributed by atoms with Crippen molar-refractivity contribution in [2.24, 2.45) is 11.8 Å². The van der Waals surface area contributed by atoms with Gasteiger partial charge in [-0.2, -0.15) is 0 Å². The zero-order valence-corrected chi connectivity index (χ0v) is 22.4. The van der Waals surface area contributed by atoms with Gasteiger partial charge in [-0.25, -0.2) is 20.1 Å². The summed E-state index contributed by atoms with van der Waals surface area (Å²) in [6, 6.07) is 17.3. The lowest BCUT2D eigenvalue weighted by Gasteiger charge is -2.36. The Kier molecular flexibility index (Phi) is 9.32. The number of hydrazine groups is 1. The van der Waals surface area contributed by atoms with Crippen LogP contribution in [0.25, 0.3) is 11.1 Å². The first-order valence-electron chi connectivity index (χ1n) is 13.4. The van der Waals surface area contributed by atoms with Crippen molar-refractivity contribution in [3.8, 4) is 11.1 Å². The summed E-state index contributed by atoms with van der Waals surface area (Å²) in [5.74, 6) is -2.69. The van der Waals surface area contributed by atoms with Crippen molar-refractivity contribution < 1.29 is 28.8 Å². The first-order chi connectivity index (χ1) is 18.8. The lowest BCUT2D eigenvalue weighted by molar-refractivity contribution is -0.290. The molecule has 0 aliphatic carbocycles. The van der Waals surface area contributed by atoms with E-state index in [4.69, 9.17) is 9.57 Å². The van der Waals surface area contributed by atoms with Crippen LogP contribution in [0.2, 0.25) is 0 Å². The van der Waals surface area contributed by atoms with Gasteiger partial charge in [0.2, 0.25) is 23.5 Å². The molecule has 0 spiro atoms. The molecule has 39 heavy (non-hydrogen) atoms.